The van der Waals surface area contributed by atoms with Crippen molar-refractivity contribution in [2.75, 3.05) is 6.54 Å². The van der Waals surface area contributed by atoms with Crippen molar-refractivity contribution in [2.24, 2.45) is 5.92 Å². The molecule has 19 heavy (non-hydrogen) atoms. The Labute approximate surface area is 117 Å². The second-order valence-corrected chi connectivity index (χ2v) is 6.12. The SMILES string of the molecule is CCC1CCNC(CC(O)c2cc(C)cc(C)c2)C1. The Morgan fingerprint density at radius 3 is 2.58 bits per heavy atom. The molecule has 1 saturated heterocycles. The van der Waals surface area contributed by atoms with E-state index in [0.29, 0.717) is 6.04 Å². The summed E-state index contributed by atoms with van der Waals surface area (Å²) in [5, 5.41) is 14.0. The Morgan fingerprint density at radius 1 is 1.26 bits per heavy atom. The van der Waals surface area contributed by atoms with Gasteiger partial charge in [0.1, 0.15) is 0 Å². The molecule has 1 aromatic carbocycles. The molecule has 106 valence electrons. The van der Waals surface area contributed by atoms with Crippen molar-refractivity contribution in [3.05, 3.63) is 34.9 Å². The van der Waals surface area contributed by atoms with E-state index in [0.717, 1.165) is 24.4 Å². The van der Waals surface area contributed by atoms with E-state index in [4.69, 9.17) is 0 Å². The van der Waals surface area contributed by atoms with E-state index in [-0.39, 0.29) is 6.10 Å². The van der Waals surface area contributed by atoms with E-state index in [9.17, 15) is 5.11 Å². The number of aliphatic hydroxyl groups is 1. The van der Waals surface area contributed by atoms with E-state index in [1.807, 2.05) is 0 Å². The van der Waals surface area contributed by atoms with Crippen LogP contribution in [0.4, 0.5) is 0 Å². The highest BCUT2D eigenvalue weighted by Gasteiger charge is 2.23. The zero-order chi connectivity index (χ0) is 13.8. The van der Waals surface area contributed by atoms with Gasteiger partial charge in [0.05, 0.1) is 6.10 Å². The number of rotatable bonds is 4. The van der Waals surface area contributed by atoms with E-state index in [1.165, 1.54) is 30.4 Å². The summed E-state index contributed by atoms with van der Waals surface area (Å²) in [7, 11) is 0. The number of nitrogens with one attached hydrogen (secondary N) is 1. The number of benzene rings is 1. The molecule has 2 rings (SSSR count). The fraction of sp³-hybridized carbons (Fsp3) is 0.647. The fourth-order valence-corrected chi connectivity index (χ4v) is 3.25. The molecule has 1 aliphatic rings. The average Bonchev–Trinajstić information content (AvgIpc) is 2.37. The smallest absolute Gasteiger partial charge is 0.0805 e. The maximum absolute atomic E-state index is 10.4. The van der Waals surface area contributed by atoms with Crippen molar-refractivity contribution < 1.29 is 5.11 Å². The quantitative estimate of drug-likeness (QED) is 0.869. The number of hydrogen-bond acceptors (Lipinski definition) is 2. The van der Waals surface area contributed by atoms with Crippen molar-refractivity contribution in [1.29, 1.82) is 0 Å². The maximum Gasteiger partial charge on any atom is 0.0805 e. The molecule has 3 atom stereocenters. The van der Waals surface area contributed by atoms with Gasteiger partial charge in [-0.1, -0.05) is 42.7 Å². The summed E-state index contributed by atoms with van der Waals surface area (Å²) >= 11 is 0. The minimum atomic E-state index is -0.341. The molecule has 0 saturated carbocycles. The number of aryl methyl sites for hydroxylation is 2. The lowest BCUT2D eigenvalue weighted by Crippen LogP contribution is -2.38. The van der Waals surface area contributed by atoms with Gasteiger partial charge in [0, 0.05) is 6.04 Å². The molecule has 0 spiro atoms. The molecule has 0 amide bonds. The van der Waals surface area contributed by atoms with Crippen molar-refractivity contribution >= 4 is 0 Å². The second-order valence-electron chi connectivity index (χ2n) is 6.12. The van der Waals surface area contributed by atoms with Gasteiger partial charge in [-0.25, -0.2) is 0 Å². The third-order valence-electron chi connectivity index (χ3n) is 4.32. The number of aliphatic hydroxyl groups excluding tert-OH is 1. The molecule has 0 radical (unpaired) electrons. The maximum atomic E-state index is 10.4. The average molecular weight is 261 g/mol. The minimum Gasteiger partial charge on any atom is -0.388 e. The highest BCUT2D eigenvalue weighted by molar-refractivity contribution is 5.30. The molecule has 0 aliphatic carbocycles. The van der Waals surface area contributed by atoms with Crippen LogP contribution in [0.1, 0.15) is 55.4 Å². The summed E-state index contributed by atoms with van der Waals surface area (Å²) in [6.07, 6.45) is 4.24. The van der Waals surface area contributed by atoms with E-state index in [1.54, 1.807) is 0 Å². The lowest BCUT2D eigenvalue weighted by Gasteiger charge is -2.31. The van der Waals surface area contributed by atoms with E-state index in [2.05, 4.69) is 44.3 Å². The van der Waals surface area contributed by atoms with Crippen LogP contribution >= 0.6 is 0 Å². The Balaban J connectivity index is 1.98. The highest BCUT2D eigenvalue weighted by Crippen LogP contribution is 2.27. The zero-order valence-corrected chi connectivity index (χ0v) is 12.4. The molecule has 0 aromatic heterocycles. The summed E-state index contributed by atoms with van der Waals surface area (Å²) in [5.41, 5.74) is 3.53. The topological polar surface area (TPSA) is 32.3 Å². The predicted octanol–water partition coefficient (Wildman–Crippen LogP) is 3.51. The van der Waals surface area contributed by atoms with E-state index >= 15 is 0 Å². The van der Waals surface area contributed by atoms with Gasteiger partial charge in [-0.05, 0) is 51.1 Å². The first-order chi connectivity index (χ1) is 9.08. The summed E-state index contributed by atoms with van der Waals surface area (Å²) in [6, 6.07) is 6.84. The highest BCUT2D eigenvalue weighted by atomic mass is 16.3. The molecule has 2 heteroatoms. The lowest BCUT2D eigenvalue weighted by molar-refractivity contribution is 0.135. The van der Waals surface area contributed by atoms with Crippen LogP contribution in [0.3, 0.4) is 0 Å². The van der Waals surface area contributed by atoms with Gasteiger partial charge < -0.3 is 10.4 Å². The van der Waals surface area contributed by atoms with Gasteiger partial charge in [-0.3, -0.25) is 0 Å². The Hall–Kier alpha value is -0.860. The third-order valence-corrected chi connectivity index (χ3v) is 4.32. The molecule has 1 heterocycles. The van der Waals surface area contributed by atoms with Crippen LogP contribution in [0, 0.1) is 19.8 Å². The Morgan fingerprint density at radius 2 is 1.95 bits per heavy atom. The summed E-state index contributed by atoms with van der Waals surface area (Å²) in [4.78, 5) is 0. The summed E-state index contributed by atoms with van der Waals surface area (Å²) < 4.78 is 0. The lowest BCUT2D eigenvalue weighted by atomic mass is 9.87. The molecule has 1 aliphatic heterocycles. The molecular formula is C17H27NO. The van der Waals surface area contributed by atoms with Gasteiger partial charge in [0.15, 0.2) is 0 Å². The van der Waals surface area contributed by atoms with Crippen molar-refractivity contribution in [3.63, 3.8) is 0 Å². The van der Waals surface area contributed by atoms with Crippen LogP contribution in [0.5, 0.6) is 0 Å². The zero-order valence-electron chi connectivity index (χ0n) is 12.4. The van der Waals surface area contributed by atoms with Crippen LogP contribution < -0.4 is 5.32 Å². The van der Waals surface area contributed by atoms with Crippen molar-refractivity contribution in [2.45, 2.75) is 58.6 Å². The second kappa shape index (κ2) is 6.53. The fourth-order valence-electron chi connectivity index (χ4n) is 3.25. The molecular weight excluding hydrogens is 234 g/mol. The van der Waals surface area contributed by atoms with Crippen LogP contribution in [0.15, 0.2) is 18.2 Å². The summed E-state index contributed by atoms with van der Waals surface area (Å²) in [6.45, 7) is 7.56. The van der Waals surface area contributed by atoms with Crippen LogP contribution in [0.25, 0.3) is 0 Å². The first kappa shape index (κ1) is 14.5. The van der Waals surface area contributed by atoms with Gasteiger partial charge >= 0.3 is 0 Å². The predicted molar refractivity (Wildman–Crippen MR) is 80.3 cm³/mol. The van der Waals surface area contributed by atoms with Crippen LogP contribution in [-0.4, -0.2) is 17.7 Å². The molecule has 2 nitrogen and oxygen atoms in total. The Bertz CT molecular complexity index is 395. The summed E-state index contributed by atoms with van der Waals surface area (Å²) in [5.74, 6) is 0.831. The van der Waals surface area contributed by atoms with Gasteiger partial charge in [0.25, 0.3) is 0 Å². The molecule has 0 bridgehead atoms. The van der Waals surface area contributed by atoms with Gasteiger partial charge in [0.2, 0.25) is 0 Å². The molecule has 2 N–H and O–H groups in total. The largest absolute Gasteiger partial charge is 0.388 e. The monoisotopic (exact) mass is 261 g/mol. The standard InChI is InChI=1S/C17H27NO/c1-4-14-5-6-18-16(10-14)11-17(19)15-8-12(2)7-13(3)9-15/h7-9,14,16-19H,4-6,10-11H2,1-3H3. The first-order valence-electron chi connectivity index (χ1n) is 7.58. The number of piperidine rings is 1. The van der Waals surface area contributed by atoms with Crippen LogP contribution in [0.2, 0.25) is 0 Å². The first-order valence-corrected chi connectivity index (χ1v) is 7.58. The molecule has 1 aromatic rings. The van der Waals surface area contributed by atoms with Crippen molar-refractivity contribution in [1.82, 2.24) is 5.32 Å². The normalized spacial score (nSPS) is 25.3. The minimum absolute atomic E-state index is 0.341. The number of hydrogen-bond donors (Lipinski definition) is 2. The third kappa shape index (κ3) is 4.05. The van der Waals surface area contributed by atoms with Crippen LogP contribution in [-0.2, 0) is 0 Å². The Kier molecular flexibility index (Phi) is 5.00. The van der Waals surface area contributed by atoms with Gasteiger partial charge in [-0.15, -0.1) is 0 Å². The molecule has 1 fully saturated rings. The van der Waals surface area contributed by atoms with Gasteiger partial charge in [-0.2, -0.15) is 0 Å². The van der Waals surface area contributed by atoms with E-state index < -0.39 is 0 Å². The molecule has 3 unspecified atom stereocenters. The van der Waals surface area contributed by atoms with Crippen molar-refractivity contribution in [3.8, 4) is 0 Å².